The molecule has 0 N–H and O–H groups in total. The van der Waals surface area contributed by atoms with Crippen molar-refractivity contribution in [2.24, 2.45) is 0 Å². The van der Waals surface area contributed by atoms with Crippen LogP contribution in [0.2, 0.25) is 0 Å². The Kier molecular flexibility index (Phi) is 9.22. The number of rotatable bonds is 10. The lowest BCUT2D eigenvalue weighted by atomic mass is 10.2. The molecule has 98 valence electrons. The normalized spacial score (nSPS) is 12.6. The van der Waals surface area contributed by atoms with Crippen molar-refractivity contribution in [3.05, 3.63) is 0 Å². The van der Waals surface area contributed by atoms with Crippen LogP contribution in [0.5, 0.6) is 0 Å². The van der Waals surface area contributed by atoms with Crippen LogP contribution in [0.4, 0.5) is 0 Å². The molecule has 0 spiro atoms. The second-order valence-corrected chi connectivity index (χ2v) is 5.65. The van der Waals surface area contributed by atoms with E-state index >= 15 is 0 Å². The maximum absolute atomic E-state index is 5.74. The molecular formula is C12H29NO2Si. The molecule has 0 aliphatic carbocycles. The van der Waals surface area contributed by atoms with E-state index in [2.05, 4.69) is 18.7 Å². The van der Waals surface area contributed by atoms with Crippen molar-refractivity contribution in [3.8, 4) is 0 Å². The third-order valence-electron chi connectivity index (χ3n) is 2.90. The van der Waals surface area contributed by atoms with Crippen LogP contribution in [0.15, 0.2) is 0 Å². The fraction of sp³-hybridized carbons (Fsp3) is 1.00. The summed E-state index contributed by atoms with van der Waals surface area (Å²) in [6.45, 7) is 13.4. The Balaban J connectivity index is 3.91. The Morgan fingerprint density at radius 1 is 1.00 bits per heavy atom. The highest BCUT2D eigenvalue weighted by molar-refractivity contribution is 6.13. The van der Waals surface area contributed by atoms with Gasteiger partial charge < -0.3 is 14.4 Å². The lowest BCUT2D eigenvalue weighted by Gasteiger charge is -2.30. The minimum atomic E-state index is -0.253. The Morgan fingerprint density at radius 2 is 1.50 bits per heavy atom. The zero-order valence-electron chi connectivity index (χ0n) is 11.7. The van der Waals surface area contributed by atoms with Gasteiger partial charge in [0.2, 0.25) is 0 Å². The van der Waals surface area contributed by atoms with Gasteiger partial charge in [-0.3, -0.25) is 0 Å². The number of ether oxygens (including phenoxy) is 2. The molecule has 0 bridgehead atoms. The summed E-state index contributed by atoms with van der Waals surface area (Å²) in [5, 5.41) is 0. The molecule has 0 aromatic carbocycles. The van der Waals surface area contributed by atoms with Crippen molar-refractivity contribution < 1.29 is 9.47 Å². The monoisotopic (exact) mass is 247 g/mol. The van der Waals surface area contributed by atoms with Gasteiger partial charge in [-0.05, 0) is 46.3 Å². The van der Waals surface area contributed by atoms with E-state index in [0.29, 0.717) is 0 Å². The van der Waals surface area contributed by atoms with Gasteiger partial charge in [-0.25, -0.2) is 0 Å². The predicted octanol–water partition coefficient (Wildman–Crippen LogP) is 1.20. The highest BCUT2D eigenvalue weighted by Crippen LogP contribution is 2.16. The molecule has 0 saturated carbocycles. The summed E-state index contributed by atoms with van der Waals surface area (Å²) in [7, 11) is 0.938. The second-order valence-electron chi connectivity index (χ2n) is 4.13. The molecular weight excluding hydrogens is 218 g/mol. The maximum atomic E-state index is 5.74. The lowest BCUT2D eigenvalue weighted by molar-refractivity contribution is -0.177. The number of hydrogen-bond acceptors (Lipinski definition) is 3. The molecule has 0 atom stereocenters. The van der Waals surface area contributed by atoms with Gasteiger partial charge >= 0.3 is 0 Å². The van der Waals surface area contributed by atoms with Crippen LogP contribution in [0, 0.1) is 0 Å². The first kappa shape index (κ1) is 16.1. The van der Waals surface area contributed by atoms with Crippen molar-refractivity contribution in [3.63, 3.8) is 0 Å². The highest BCUT2D eigenvalue weighted by Gasteiger charge is 2.23. The summed E-state index contributed by atoms with van der Waals surface area (Å²) in [4.78, 5) is 2.44. The summed E-state index contributed by atoms with van der Waals surface area (Å²) < 4.78 is 11.5. The fourth-order valence-corrected chi connectivity index (χ4v) is 2.89. The molecule has 0 amide bonds. The summed E-state index contributed by atoms with van der Waals surface area (Å²) in [6, 6.07) is 0. The first-order chi connectivity index (χ1) is 7.61. The summed E-state index contributed by atoms with van der Waals surface area (Å²) in [5.74, 6) is 0. The van der Waals surface area contributed by atoms with E-state index in [4.69, 9.17) is 9.47 Å². The van der Waals surface area contributed by atoms with E-state index in [9.17, 15) is 0 Å². The van der Waals surface area contributed by atoms with Crippen LogP contribution in [0.25, 0.3) is 0 Å². The number of hydrogen-bond donors (Lipinski definition) is 0. The average molecular weight is 247 g/mol. The van der Waals surface area contributed by atoms with E-state index in [-0.39, 0.29) is 5.41 Å². The second kappa shape index (κ2) is 9.16. The lowest BCUT2D eigenvalue weighted by Crippen LogP contribution is -2.38. The van der Waals surface area contributed by atoms with Crippen molar-refractivity contribution >= 4 is 10.2 Å². The van der Waals surface area contributed by atoms with Crippen LogP contribution >= 0.6 is 0 Å². The third kappa shape index (κ3) is 6.63. The Labute approximate surface area is 104 Å². The minimum Gasteiger partial charge on any atom is -0.355 e. The molecule has 0 saturated heterocycles. The Bertz CT molecular complexity index is 157. The first-order valence-electron chi connectivity index (χ1n) is 6.62. The smallest absolute Gasteiger partial charge is 0.141 e. The van der Waals surface area contributed by atoms with Gasteiger partial charge in [0, 0.05) is 13.2 Å². The predicted molar refractivity (Wildman–Crippen MR) is 72.9 cm³/mol. The largest absolute Gasteiger partial charge is 0.355 e. The molecule has 4 heteroatoms. The highest BCUT2D eigenvalue weighted by atomic mass is 28.1. The molecule has 0 rings (SSSR count). The zero-order chi connectivity index (χ0) is 12.4. The Morgan fingerprint density at radius 3 is 1.88 bits per heavy atom. The molecule has 0 heterocycles. The van der Waals surface area contributed by atoms with E-state index < -0.39 is 0 Å². The molecule has 0 aliphatic heterocycles. The molecule has 0 fully saturated rings. The summed E-state index contributed by atoms with van der Waals surface area (Å²) in [6.07, 6.45) is 2.18. The van der Waals surface area contributed by atoms with Crippen molar-refractivity contribution in [2.75, 3.05) is 32.8 Å². The average Bonchev–Trinajstić information content (AvgIpc) is 2.25. The maximum Gasteiger partial charge on any atom is 0.141 e. The van der Waals surface area contributed by atoms with Crippen molar-refractivity contribution in [1.82, 2.24) is 4.90 Å². The standard InChI is InChI=1S/C12H29NO2Si/c1-5-13(6-2)11-9-10-12(16,14-7-3)15-8-4/h5-11H2,1-4,16H3. The van der Waals surface area contributed by atoms with Gasteiger partial charge in [-0.2, -0.15) is 0 Å². The molecule has 0 aliphatic rings. The van der Waals surface area contributed by atoms with E-state index in [1.807, 2.05) is 13.8 Å². The molecule has 0 aromatic heterocycles. The summed E-state index contributed by atoms with van der Waals surface area (Å²) >= 11 is 0. The number of nitrogens with zero attached hydrogens (tertiary/aromatic N) is 1. The topological polar surface area (TPSA) is 21.7 Å². The van der Waals surface area contributed by atoms with E-state index in [1.54, 1.807) is 0 Å². The molecule has 3 nitrogen and oxygen atoms in total. The quantitative estimate of drug-likeness (QED) is 0.428. The van der Waals surface area contributed by atoms with Crippen LogP contribution < -0.4 is 0 Å². The third-order valence-corrected chi connectivity index (χ3v) is 3.98. The van der Waals surface area contributed by atoms with Crippen LogP contribution in [-0.2, 0) is 9.47 Å². The molecule has 0 unspecified atom stereocenters. The van der Waals surface area contributed by atoms with E-state index in [1.165, 1.54) is 0 Å². The van der Waals surface area contributed by atoms with Gasteiger partial charge in [0.15, 0.2) is 0 Å². The zero-order valence-corrected chi connectivity index (χ0v) is 13.7. The van der Waals surface area contributed by atoms with Gasteiger partial charge in [0.25, 0.3) is 0 Å². The first-order valence-corrected chi connectivity index (χ1v) is 7.62. The van der Waals surface area contributed by atoms with Gasteiger partial charge in [0.1, 0.15) is 5.41 Å². The van der Waals surface area contributed by atoms with Crippen molar-refractivity contribution in [1.29, 1.82) is 0 Å². The van der Waals surface area contributed by atoms with Gasteiger partial charge in [0.05, 0.1) is 10.2 Å². The SMILES string of the molecule is CCOC([SiH3])(CCCN(CC)CC)OCC. The van der Waals surface area contributed by atoms with Crippen LogP contribution in [-0.4, -0.2) is 53.4 Å². The van der Waals surface area contributed by atoms with Crippen LogP contribution in [0.1, 0.15) is 40.5 Å². The van der Waals surface area contributed by atoms with Gasteiger partial charge in [-0.15, -0.1) is 0 Å². The van der Waals surface area contributed by atoms with Crippen LogP contribution in [0.3, 0.4) is 0 Å². The minimum absolute atomic E-state index is 0.253. The molecule has 16 heavy (non-hydrogen) atoms. The Hall–Kier alpha value is 0.0969. The molecule has 0 aromatic rings. The van der Waals surface area contributed by atoms with Crippen molar-refractivity contribution in [2.45, 2.75) is 45.9 Å². The fourth-order valence-electron chi connectivity index (χ4n) is 1.96. The molecule has 0 radical (unpaired) electrons. The van der Waals surface area contributed by atoms with Gasteiger partial charge in [-0.1, -0.05) is 13.8 Å². The van der Waals surface area contributed by atoms with E-state index in [0.717, 1.165) is 55.9 Å². The summed E-state index contributed by atoms with van der Waals surface area (Å²) in [5.41, 5.74) is -0.253.